The Labute approximate surface area is 189 Å². The molecule has 7 nitrogen and oxygen atoms in total. The SMILES string of the molecule is O=C(NN=Cc1ccc2c(c1)OCO2)/C(=C/c1ccccc1)NC(=O)c1ccccc1Cl. The minimum atomic E-state index is -0.591. The Balaban J connectivity index is 1.51. The number of hydrogen-bond acceptors (Lipinski definition) is 5. The van der Waals surface area contributed by atoms with Gasteiger partial charge in [-0.3, -0.25) is 9.59 Å². The van der Waals surface area contributed by atoms with Crippen LogP contribution in [0.25, 0.3) is 6.08 Å². The zero-order chi connectivity index (χ0) is 22.3. The van der Waals surface area contributed by atoms with E-state index < -0.39 is 11.8 Å². The Morgan fingerprint density at radius 1 is 0.906 bits per heavy atom. The molecule has 0 atom stereocenters. The molecule has 0 aliphatic carbocycles. The van der Waals surface area contributed by atoms with Crippen LogP contribution >= 0.6 is 11.6 Å². The van der Waals surface area contributed by atoms with E-state index in [2.05, 4.69) is 15.8 Å². The molecular formula is C24H18ClN3O4. The fraction of sp³-hybridized carbons (Fsp3) is 0.0417. The van der Waals surface area contributed by atoms with E-state index in [0.29, 0.717) is 17.1 Å². The van der Waals surface area contributed by atoms with Crippen LogP contribution in [0.4, 0.5) is 0 Å². The van der Waals surface area contributed by atoms with E-state index in [-0.39, 0.29) is 23.1 Å². The first-order valence-electron chi connectivity index (χ1n) is 9.66. The molecule has 3 aromatic rings. The average molecular weight is 448 g/mol. The predicted octanol–water partition coefficient (Wildman–Crippen LogP) is 3.99. The van der Waals surface area contributed by atoms with Gasteiger partial charge in [0.05, 0.1) is 16.8 Å². The minimum absolute atomic E-state index is 0.0176. The van der Waals surface area contributed by atoms with Crippen molar-refractivity contribution in [3.05, 3.63) is 100 Å². The van der Waals surface area contributed by atoms with Gasteiger partial charge in [-0.25, -0.2) is 5.43 Å². The van der Waals surface area contributed by atoms with Gasteiger partial charge in [-0.2, -0.15) is 5.10 Å². The molecule has 1 heterocycles. The van der Waals surface area contributed by atoms with Crippen molar-refractivity contribution in [1.29, 1.82) is 0 Å². The third kappa shape index (κ3) is 5.14. The van der Waals surface area contributed by atoms with E-state index in [0.717, 1.165) is 5.56 Å². The van der Waals surface area contributed by atoms with Gasteiger partial charge in [0, 0.05) is 0 Å². The second kappa shape index (κ2) is 9.80. The molecule has 0 spiro atoms. The number of rotatable bonds is 6. The molecule has 0 radical (unpaired) electrons. The van der Waals surface area contributed by atoms with Crippen LogP contribution in [-0.2, 0) is 4.79 Å². The Kier molecular flexibility index (Phi) is 6.48. The largest absolute Gasteiger partial charge is 0.454 e. The fourth-order valence-corrected chi connectivity index (χ4v) is 3.15. The third-order valence-electron chi connectivity index (χ3n) is 4.50. The summed E-state index contributed by atoms with van der Waals surface area (Å²) in [7, 11) is 0. The molecule has 4 rings (SSSR count). The van der Waals surface area contributed by atoms with Gasteiger partial charge in [0.1, 0.15) is 5.70 Å². The molecule has 1 aliphatic heterocycles. The molecule has 3 aromatic carbocycles. The normalized spacial score (nSPS) is 12.6. The average Bonchev–Trinajstić information content (AvgIpc) is 3.27. The van der Waals surface area contributed by atoms with Crippen molar-refractivity contribution in [2.75, 3.05) is 6.79 Å². The van der Waals surface area contributed by atoms with Gasteiger partial charge >= 0.3 is 0 Å². The lowest BCUT2D eigenvalue weighted by Crippen LogP contribution is -2.33. The first-order valence-corrected chi connectivity index (χ1v) is 10.0. The zero-order valence-corrected chi connectivity index (χ0v) is 17.5. The maximum absolute atomic E-state index is 12.8. The lowest BCUT2D eigenvalue weighted by atomic mass is 10.1. The molecule has 0 unspecified atom stereocenters. The monoisotopic (exact) mass is 447 g/mol. The first kappa shape index (κ1) is 21.1. The summed E-state index contributed by atoms with van der Waals surface area (Å²) in [5, 5.41) is 6.89. The molecule has 0 aromatic heterocycles. The van der Waals surface area contributed by atoms with Crippen molar-refractivity contribution < 1.29 is 19.1 Å². The van der Waals surface area contributed by atoms with Crippen LogP contribution in [0, 0.1) is 0 Å². The van der Waals surface area contributed by atoms with Gasteiger partial charge in [-0.15, -0.1) is 0 Å². The number of hydrazone groups is 1. The van der Waals surface area contributed by atoms with Gasteiger partial charge < -0.3 is 14.8 Å². The van der Waals surface area contributed by atoms with Crippen LogP contribution in [0.1, 0.15) is 21.5 Å². The van der Waals surface area contributed by atoms with E-state index in [4.69, 9.17) is 21.1 Å². The molecule has 2 amide bonds. The quantitative estimate of drug-likeness (QED) is 0.339. The number of halogens is 1. The molecule has 8 heteroatoms. The van der Waals surface area contributed by atoms with Crippen molar-refractivity contribution in [1.82, 2.24) is 10.7 Å². The number of nitrogens with one attached hydrogen (secondary N) is 2. The lowest BCUT2D eigenvalue weighted by Gasteiger charge is -2.10. The van der Waals surface area contributed by atoms with E-state index in [9.17, 15) is 9.59 Å². The topological polar surface area (TPSA) is 89.0 Å². The Hall–Kier alpha value is -4.10. The summed E-state index contributed by atoms with van der Waals surface area (Å²) in [6, 6.07) is 21.0. The minimum Gasteiger partial charge on any atom is -0.454 e. The van der Waals surface area contributed by atoms with Crippen LogP contribution in [0.15, 0.2) is 83.6 Å². The van der Waals surface area contributed by atoms with Gasteiger partial charge in [-0.1, -0.05) is 54.1 Å². The lowest BCUT2D eigenvalue weighted by molar-refractivity contribution is -0.117. The maximum atomic E-state index is 12.8. The number of ether oxygens (including phenoxy) is 2. The van der Waals surface area contributed by atoms with Gasteiger partial charge in [0.25, 0.3) is 11.8 Å². The van der Waals surface area contributed by atoms with E-state index in [1.54, 1.807) is 48.5 Å². The van der Waals surface area contributed by atoms with Crippen molar-refractivity contribution >= 4 is 35.7 Å². The standard InChI is InChI=1S/C24H18ClN3O4/c25-19-9-5-4-8-18(19)23(29)27-20(12-16-6-2-1-3-7-16)24(30)28-26-14-17-10-11-21-22(13-17)32-15-31-21/h1-14H,15H2,(H,27,29)(H,28,30)/b20-12-,26-14?. The molecule has 1 aliphatic rings. The van der Waals surface area contributed by atoms with Crippen LogP contribution in [0.3, 0.4) is 0 Å². The molecule has 160 valence electrons. The molecule has 2 N–H and O–H groups in total. The Bertz CT molecular complexity index is 1210. The molecule has 0 saturated heterocycles. The summed E-state index contributed by atoms with van der Waals surface area (Å²) >= 11 is 6.11. The maximum Gasteiger partial charge on any atom is 0.287 e. The van der Waals surface area contributed by atoms with Gasteiger partial charge in [0.15, 0.2) is 11.5 Å². The summed E-state index contributed by atoms with van der Waals surface area (Å²) in [6.45, 7) is 0.172. The van der Waals surface area contributed by atoms with Crippen LogP contribution in [0.2, 0.25) is 5.02 Å². The van der Waals surface area contributed by atoms with Crippen molar-refractivity contribution in [3.8, 4) is 11.5 Å². The van der Waals surface area contributed by atoms with E-state index in [1.165, 1.54) is 6.21 Å². The first-order chi connectivity index (χ1) is 15.6. The highest BCUT2D eigenvalue weighted by Crippen LogP contribution is 2.31. The van der Waals surface area contributed by atoms with Gasteiger partial charge in [0.2, 0.25) is 6.79 Å². The predicted molar refractivity (Wildman–Crippen MR) is 122 cm³/mol. The van der Waals surface area contributed by atoms with Crippen molar-refractivity contribution in [2.45, 2.75) is 0 Å². The summed E-state index contributed by atoms with van der Waals surface area (Å²) in [5.74, 6) is 0.164. The smallest absolute Gasteiger partial charge is 0.287 e. The van der Waals surface area contributed by atoms with Crippen LogP contribution < -0.4 is 20.2 Å². The molecule has 32 heavy (non-hydrogen) atoms. The highest BCUT2D eigenvalue weighted by molar-refractivity contribution is 6.34. The molecule has 0 fully saturated rings. The van der Waals surface area contributed by atoms with Crippen LogP contribution in [-0.4, -0.2) is 24.8 Å². The summed E-state index contributed by atoms with van der Waals surface area (Å²) in [5.41, 5.74) is 4.15. The fourth-order valence-electron chi connectivity index (χ4n) is 2.93. The van der Waals surface area contributed by atoms with Gasteiger partial charge in [-0.05, 0) is 47.5 Å². The van der Waals surface area contributed by atoms with E-state index in [1.807, 2.05) is 30.3 Å². The molecular weight excluding hydrogens is 430 g/mol. The summed E-state index contributed by atoms with van der Waals surface area (Å²) < 4.78 is 10.6. The number of fused-ring (bicyclic) bond motifs is 1. The molecule has 0 saturated carbocycles. The Morgan fingerprint density at radius 3 is 2.47 bits per heavy atom. The van der Waals surface area contributed by atoms with Crippen molar-refractivity contribution in [2.24, 2.45) is 5.10 Å². The zero-order valence-electron chi connectivity index (χ0n) is 16.7. The second-order valence-corrected chi connectivity index (χ2v) is 7.12. The van der Waals surface area contributed by atoms with Crippen molar-refractivity contribution in [3.63, 3.8) is 0 Å². The number of carbonyl (C=O) groups is 2. The third-order valence-corrected chi connectivity index (χ3v) is 4.83. The number of benzene rings is 3. The highest BCUT2D eigenvalue weighted by Gasteiger charge is 2.16. The van der Waals surface area contributed by atoms with Crippen LogP contribution in [0.5, 0.6) is 11.5 Å². The number of carbonyl (C=O) groups excluding carboxylic acids is 2. The van der Waals surface area contributed by atoms with E-state index >= 15 is 0 Å². The number of nitrogens with zero attached hydrogens (tertiary/aromatic N) is 1. The summed E-state index contributed by atoms with van der Waals surface area (Å²) in [4.78, 5) is 25.5. The Morgan fingerprint density at radius 2 is 1.66 bits per heavy atom. The highest BCUT2D eigenvalue weighted by atomic mass is 35.5. The molecule has 0 bridgehead atoms. The summed E-state index contributed by atoms with van der Waals surface area (Å²) in [6.07, 6.45) is 3.02. The number of hydrogen-bond donors (Lipinski definition) is 2. The second-order valence-electron chi connectivity index (χ2n) is 6.71. The number of amides is 2.